The van der Waals surface area contributed by atoms with Crippen molar-refractivity contribution in [2.45, 2.75) is 52.0 Å². The molecule has 0 aromatic rings. The summed E-state index contributed by atoms with van der Waals surface area (Å²) in [4.78, 5) is 11.4. The Morgan fingerprint density at radius 2 is 2.15 bits per heavy atom. The summed E-state index contributed by atoms with van der Waals surface area (Å²) in [5, 5.41) is 2.94. The molecule has 2 heteroatoms. The lowest BCUT2D eigenvalue weighted by molar-refractivity contribution is -0.117. The average Bonchev–Trinajstić information content (AvgIpc) is 2.56. The fourth-order valence-corrected chi connectivity index (χ4v) is 1.55. The van der Waals surface area contributed by atoms with Gasteiger partial charge in [-0.2, -0.15) is 0 Å². The van der Waals surface area contributed by atoms with Crippen molar-refractivity contribution in [1.82, 2.24) is 5.32 Å². The van der Waals surface area contributed by atoms with Crippen molar-refractivity contribution in [3.63, 3.8) is 0 Å². The highest BCUT2D eigenvalue weighted by molar-refractivity contribution is 5.88. The van der Waals surface area contributed by atoms with Crippen molar-refractivity contribution in [3.8, 4) is 0 Å². The van der Waals surface area contributed by atoms with Gasteiger partial charge in [-0.1, -0.05) is 12.5 Å². The van der Waals surface area contributed by atoms with E-state index in [1.165, 1.54) is 18.4 Å². The lowest BCUT2D eigenvalue weighted by Gasteiger charge is -2.09. The summed E-state index contributed by atoms with van der Waals surface area (Å²) in [6, 6.07) is 0.297. The second-order valence-electron chi connectivity index (χ2n) is 3.83. The molecule has 1 fully saturated rings. The Labute approximate surface area is 80.4 Å². The van der Waals surface area contributed by atoms with E-state index in [0.717, 1.165) is 19.3 Å². The van der Waals surface area contributed by atoms with E-state index in [2.05, 4.69) is 12.2 Å². The molecule has 0 aliphatic heterocycles. The van der Waals surface area contributed by atoms with Gasteiger partial charge in [0.2, 0.25) is 5.91 Å². The maximum atomic E-state index is 11.4. The first-order chi connectivity index (χ1) is 6.22. The van der Waals surface area contributed by atoms with Crippen molar-refractivity contribution in [3.05, 3.63) is 11.6 Å². The van der Waals surface area contributed by atoms with Crippen LogP contribution in [0.15, 0.2) is 11.6 Å². The molecule has 1 aliphatic carbocycles. The maximum absolute atomic E-state index is 11.4. The summed E-state index contributed by atoms with van der Waals surface area (Å²) in [6.45, 7) is 4.11. The van der Waals surface area contributed by atoms with Crippen molar-refractivity contribution in [2.24, 2.45) is 0 Å². The molecule has 0 aromatic carbocycles. The Kier molecular flexibility index (Phi) is 4.00. The van der Waals surface area contributed by atoms with E-state index in [0.29, 0.717) is 6.04 Å². The fraction of sp³-hybridized carbons (Fsp3) is 0.727. The van der Waals surface area contributed by atoms with E-state index < -0.39 is 0 Å². The maximum Gasteiger partial charge on any atom is 0.244 e. The van der Waals surface area contributed by atoms with Gasteiger partial charge in [-0.25, -0.2) is 0 Å². The Morgan fingerprint density at radius 1 is 1.54 bits per heavy atom. The second kappa shape index (κ2) is 5.05. The van der Waals surface area contributed by atoms with Gasteiger partial charge < -0.3 is 5.32 Å². The highest BCUT2D eigenvalue weighted by Gasteiger charge is 2.09. The van der Waals surface area contributed by atoms with E-state index in [1.807, 2.05) is 6.92 Å². The molecule has 1 rings (SSSR count). The SMILES string of the molecule is CCC(C)NC(=O)C=C1CCCC1. The minimum absolute atomic E-state index is 0.0891. The summed E-state index contributed by atoms with van der Waals surface area (Å²) in [5.74, 6) is 0.0891. The Bertz CT molecular complexity index is 200. The van der Waals surface area contributed by atoms with E-state index in [9.17, 15) is 4.79 Å². The topological polar surface area (TPSA) is 29.1 Å². The van der Waals surface area contributed by atoms with Gasteiger partial charge in [-0.05, 0) is 39.0 Å². The van der Waals surface area contributed by atoms with Gasteiger partial charge >= 0.3 is 0 Å². The lowest BCUT2D eigenvalue weighted by atomic mass is 10.2. The van der Waals surface area contributed by atoms with Gasteiger partial charge in [0.15, 0.2) is 0 Å². The smallest absolute Gasteiger partial charge is 0.244 e. The Hall–Kier alpha value is -0.790. The molecule has 13 heavy (non-hydrogen) atoms. The van der Waals surface area contributed by atoms with E-state index in [-0.39, 0.29) is 5.91 Å². The first kappa shape index (κ1) is 10.3. The molecule has 0 bridgehead atoms. The van der Waals surface area contributed by atoms with Gasteiger partial charge in [0.1, 0.15) is 0 Å². The second-order valence-corrected chi connectivity index (χ2v) is 3.83. The van der Waals surface area contributed by atoms with Crippen LogP contribution in [0.4, 0.5) is 0 Å². The van der Waals surface area contributed by atoms with Crippen molar-refractivity contribution in [2.75, 3.05) is 0 Å². The first-order valence-corrected chi connectivity index (χ1v) is 5.22. The summed E-state index contributed by atoms with van der Waals surface area (Å²) in [7, 11) is 0. The molecule has 0 aromatic heterocycles. The van der Waals surface area contributed by atoms with Crippen LogP contribution < -0.4 is 5.32 Å². The van der Waals surface area contributed by atoms with Crippen molar-refractivity contribution in [1.29, 1.82) is 0 Å². The third-order valence-corrected chi connectivity index (χ3v) is 2.58. The van der Waals surface area contributed by atoms with Crippen LogP contribution in [-0.4, -0.2) is 11.9 Å². The number of carbonyl (C=O) groups is 1. The molecule has 1 amide bonds. The standard InChI is InChI=1S/C11H19NO/c1-3-9(2)12-11(13)8-10-6-4-5-7-10/h8-9H,3-7H2,1-2H3,(H,12,13). The van der Waals surface area contributed by atoms with Gasteiger partial charge in [-0.15, -0.1) is 0 Å². The van der Waals surface area contributed by atoms with Gasteiger partial charge in [0, 0.05) is 12.1 Å². The molecule has 0 radical (unpaired) electrons. The number of hydrogen-bond acceptors (Lipinski definition) is 1. The summed E-state index contributed by atoms with van der Waals surface area (Å²) in [5.41, 5.74) is 1.32. The quantitative estimate of drug-likeness (QED) is 0.665. The van der Waals surface area contributed by atoms with Crippen LogP contribution >= 0.6 is 0 Å². The van der Waals surface area contributed by atoms with Crippen LogP contribution in [0.5, 0.6) is 0 Å². The normalized spacial score (nSPS) is 18.5. The molecular weight excluding hydrogens is 162 g/mol. The van der Waals surface area contributed by atoms with Crippen LogP contribution in [0.2, 0.25) is 0 Å². The third kappa shape index (κ3) is 3.62. The number of allylic oxidation sites excluding steroid dienone is 1. The zero-order valence-electron chi connectivity index (χ0n) is 8.60. The van der Waals surface area contributed by atoms with Gasteiger partial charge in [0.25, 0.3) is 0 Å². The van der Waals surface area contributed by atoms with E-state index in [1.54, 1.807) is 6.08 Å². The highest BCUT2D eigenvalue weighted by atomic mass is 16.1. The minimum atomic E-state index is 0.0891. The number of amides is 1. The Balaban J connectivity index is 2.35. The molecule has 0 heterocycles. The monoisotopic (exact) mass is 181 g/mol. The van der Waals surface area contributed by atoms with E-state index >= 15 is 0 Å². The Morgan fingerprint density at radius 3 is 2.69 bits per heavy atom. The van der Waals surface area contributed by atoms with Crippen LogP contribution in [0.25, 0.3) is 0 Å². The predicted molar refractivity (Wildman–Crippen MR) is 54.4 cm³/mol. The third-order valence-electron chi connectivity index (χ3n) is 2.58. The molecule has 1 unspecified atom stereocenters. The molecule has 0 spiro atoms. The molecular formula is C11H19NO. The van der Waals surface area contributed by atoms with Crippen LogP contribution in [0, 0.1) is 0 Å². The zero-order valence-corrected chi connectivity index (χ0v) is 8.60. The molecule has 1 atom stereocenters. The van der Waals surface area contributed by atoms with Gasteiger partial charge in [0.05, 0.1) is 0 Å². The summed E-state index contributed by atoms with van der Waals surface area (Å²) in [6.07, 6.45) is 7.53. The van der Waals surface area contributed by atoms with Crippen LogP contribution in [0.1, 0.15) is 46.0 Å². The van der Waals surface area contributed by atoms with Crippen LogP contribution in [-0.2, 0) is 4.79 Å². The first-order valence-electron chi connectivity index (χ1n) is 5.22. The number of carbonyl (C=O) groups excluding carboxylic acids is 1. The molecule has 1 saturated carbocycles. The highest BCUT2D eigenvalue weighted by Crippen LogP contribution is 2.23. The number of hydrogen-bond donors (Lipinski definition) is 1. The zero-order chi connectivity index (χ0) is 9.68. The minimum Gasteiger partial charge on any atom is -0.350 e. The molecule has 2 nitrogen and oxygen atoms in total. The average molecular weight is 181 g/mol. The fourth-order valence-electron chi connectivity index (χ4n) is 1.55. The van der Waals surface area contributed by atoms with Crippen molar-refractivity contribution < 1.29 is 4.79 Å². The van der Waals surface area contributed by atoms with Crippen LogP contribution in [0.3, 0.4) is 0 Å². The summed E-state index contributed by atoms with van der Waals surface area (Å²) < 4.78 is 0. The van der Waals surface area contributed by atoms with E-state index in [4.69, 9.17) is 0 Å². The molecule has 0 saturated heterocycles. The number of rotatable bonds is 3. The molecule has 1 N–H and O–H groups in total. The molecule has 74 valence electrons. The predicted octanol–water partition coefficient (Wildman–Crippen LogP) is 2.40. The lowest BCUT2D eigenvalue weighted by Crippen LogP contribution is -2.30. The summed E-state index contributed by atoms with van der Waals surface area (Å²) >= 11 is 0. The van der Waals surface area contributed by atoms with Crippen molar-refractivity contribution >= 4 is 5.91 Å². The largest absolute Gasteiger partial charge is 0.350 e. The number of nitrogens with one attached hydrogen (secondary N) is 1. The van der Waals surface area contributed by atoms with Gasteiger partial charge in [-0.3, -0.25) is 4.79 Å². The molecule has 1 aliphatic rings.